The third-order valence-corrected chi connectivity index (χ3v) is 3.02. The maximum Gasteiger partial charge on any atom is 0.303 e. The average molecular weight is 352 g/mol. The first-order chi connectivity index (χ1) is 12.0. The highest BCUT2D eigenvalue weighted by atomic mass is 16.5. The van der Waals surface area contributed by atoms with E-state index in [2.05, 4.69) is 10.6 Å². The second-order valence-corrected chi connectivity index (χ2v) is 5.26. The van der Waals surface area contributed by atoms with E-state index in [0.29, 0.717) is 44.2 Å². The summed E-state index contributed by atoms with van der Waals surface area (Å²) in [5.74, 6) is -0.694. The van der Waals surface area contributed by atoms with Crippen molar-refractivity contribution >= 4 is 23.5 Å². The molecule has 25 heavy (non-hydrogen) atoms. The van der Waals surface area contributed by atoms with Crippen LogP contribution in [0.1, 0.15) is 26.2 Å². The van der Waals surface area contributed by atoms with Gasteiger partial charge >= 0.3 is 5.97 Å². The second-order valence-electron chi connectivity index (χ2n) is 5.26. The lowest BCUT2D eigenvalue weighted by molar-refractivity contribution is -0.138. The molecule has 2 amide bonds. The number of hydrogen-bond acceptors (Lipinski definition) is 5. The molecule has 1 aromatic rings. The fraction of sp³-hybridized carbons (Fsp3) is 0.471. The van der Waals surface area contributed by atoms with E-state index in [1.54, 1.807) is 24.3 Å². The lowest BCUT2D eigenvalue weighted by atomic mass is 10.3. The van der Waals surface area contributed by atoms with E-state index in [1.165, 1.54) is 6.92 Å². The van der Waals surface area contributed by atoms with Crippen molar-refractivity contribution in [3.8, 4) is 5.75 Å². The number of ether oxygens (including phenoxy) is 2. The number of aliphatic carboxylic acids is 1. The van der Waals surface area contributed by atoms with E-state index >= 15 is 0 Å². The number of carboxylic acids is 1. The zero-order chi connectivity index (χ0) is 18.5. The van der Waals surface area contributed by atoms with Crippen molar-refractivity contribution in [3.63, 3.8) is 0 Å². The zero-order valence-corrected chi connectivity index (χ0v) is 14.2. The number of nitrogens with one attached hydrogen (secondary N) is 2. The quantitative estimate of drug-likeness (QED) is 0.490. The Morgan fingerprint density at radius 3 is 2.40 bits per heavy atom. The molecule has 0 fully saturated rings. The number of carbonyl (C=O) groups excluding carboxylic acids is 2. The van der Waals surface area contributed by atoms with Gasteiger partial charge in [0.05, 0.1) is 13.0 Å². The van der Waals surface area contributed by atoms with Crippen LogP contribution in [-0.4, -0.2) is 49.3 Å². The van der Waals surface area contributed by atoms with Crippen molar-refractivity contribution in [3.05, 3.63) is 24.3 Å². The molecule has 1 aromatic carbocycles. The molecule has 0 unspecified atom stereocenters. The fourth-order valence-electron chi connectivity index (χ4n) is 1.87. The van der Waals surface area contributed by atoms with Crippen molar-refractivity contribution in [2.75, 3.05) is 31.7 Å². The molecule has 0 aliphatic carbocycles. The Labute approximate surface area is 146 Å². The highest BCUT2D eigenvalue weighted by Gasteiger charge is 2.04. The average Bonchev–Trinajstić information content (AvgIpc) is 2.56. The van der Waals surface area contributed by atoms with Gasteiger partial charge in [-0.15, -0.1) is 0 Å². The van der Waals surface area contributed by atoms with Crippen LogP contribution in [-0.2, 0) is 19.1 Å². The molecule has 8 nitrogen and oxygen atoms in total. The summed E-state index contributed by atoms with van der Waals surface area (Å²) in [7, 11) is 0. The van der Waals surface area contributed by atoms with E-state index in [0.717, 1.165) is 0 Å². The Bertz CT molecular complexity index is 559. The Kier molecular flexibility index (Phi) is 9.69. The minimum atomic E-state index is -0.983. The molecule has 0 atom stereocenters. The van der Waals surface area contributed by atoms with Crippen LogP contribution in [0.3, 0.4) is 0 Å². The minimum Gasteiger partial charge on any atom is -0.491 e. The molecule has 0 aromatic heterocycles. The first kappa shape index (κ1) is 20.4. The molecule has 0 saturated heterocycles. The lowest BCUT2D eigenvalue weighted by Gasteiger charge is -2.08. The number of benzene rings is 1. The summed E-state index contributed by atoms with van der Waals surface area (Å²) in [6.07, 6.45) is 0.473. The Morgan fingerprint density at radius 2 is 1.76 bits per heavy atom. The van der Waals surface area contributed by atoms with Crippen molar-refractivity contribution in [2.24, 2.45) is 0 Å². The van der Waals surface area contributed by atoms with E-state index in [-0.39, 0.29) is 24.7 Å². The van der Waals surface area contributed by atoms with Crippen LogP contribution in [0.5, 0.6) is 5.75 Å². The molecule has 0 saturated carbocycles. The molecule has 0 heterocycles. The normalized spacial score (nSPS) is 10.1. The predicted octanol–water partition coefficient (Wildman–Crippen LogP) is 1.41. The highest BCUT2D eigenvalue weighted by Crippen LogP contribution is 2.15. The molecule has 8 heteroatoms. The van der Waals surface area contributed by atoms with Gasteiger partial charge in [-0.3, -0.25) is 14.4 Å². The van der Waals surface area contributed by atoms with Gasteiger partial charge in [-0.05, 0) is 30.7 Å². The fourth-order valence-corrected chi connectivity index (χ4v) is 1.87. The van der Waals surface area contributed by atoms with E-state index < -0.39 is 5.97 Å². The summed E-state index contributed by atoms with van der Waals surface area (Å²) in [6.45, 7) is 3.18. The van der Waals surface area contributed by atoms with Gasteiger partial charge in [-0.2, -0.15) is 0 Å². The van der Waals surface area contributed by atoms with E-state index in [4.69, 9.17) is 14.6 Å². The minimum absolute atomic E-state index is 0.00917. The molecule has 138 valence electrons. The molecule has 3 N–H and O–H groups in total. The number of carboxylic acid groups (broad SMARTS) is 1. The van der Waals surface area contributed by atoms with Crippen LogP contribution < -0.4 is 15.4 Å². The number of anilines is 1. The molecule has 0 radical (unpaired) electrons. The van der Waals surface area contributed by atoms with Gasteiger partial charge < -0.3 is 25.2 Å². The van der Waals surface area contributed by atoms with Gasteiger partial charge in [0.1, 0.15) is 12.4 Å². The number of carbonyl (C=O) groups is 3. The smallest absolute Gasteiger partial charge is 0.303 e. The number of amides is 2. The van der Waals surface area contributed by atoms with Crippen LogP contribution >= 0.6 is 0 Å². The van der Waals surface area contributed by atoms with Gasteiger partial charge in [0.2, 0.25) is 11.8 Å². The van der Waals surface area contributed by atoms with Gasteiger partial charge in [-0.25, -0.2) is 0 Å². The molecule has 0 aliphatic rings. The van der Waals surface area contributed by atoms with Gasteiger partial charge in [0.15, 0.2) is 0 Å². The summed E-state index contributed by atoms with van der Waals surface area (Å²) in [5, 5.41) is 13.8. The third-order valence-electron chi connectivity index (χ3n) is 3.02. The second kappa shape index (κ2) is 11.9. The van der Waals surface area contributed by atoms with Crippen molar-refractivity contribution in [1.29, 1.82) is 0 Å². The zero-order valence-electron chi connectivity index (χ0n) is 14.2. The van der Waals surface area contributed by atoms with Gasteiger partial charge in [0.25, 0.3) is 0 Å². The SMILES string of the molecule is CC(=O)Nc1ccc(OCCOCCCNC(=O)CCC(=O)O)cc1. The van der Waals surface area contributed by atoms with Gasteiger partial charge in [0, 0.05) is 32.2 Å². The Balaban J connectivity index is 2.00. The number of rotatable bonds is 12. The van der Waals surface area contributed by atoms with Crippen molar-refractivity contribution < 1.29 is 29.0 Å². The molecular weight excluding hydrogens is 328 g/mol. The summed E-state index contributed by atoms with van der Waals surface area (Å²) >= 11 is 0. The van der Waals surface area contributed by atoms with Crippen LogP contribution in [0.4, 0.5) is 5.69 Å². The van der Waals surface area contributed by atoms with E-state index in [1.807, 2.05) is 0 Å². The summed E-state index contributed by atoms with van der Waals surface area (Å²) in [4.78, 5) is 32.5. The van der Waals surface area contributed by atoms with Crippen LogP contribution in [0.25, 0.3) is 0 Å². The molecule has 0 spiro atoms. The number of hydrogen-bond donors (Lipinski definition) is 3. The molecule has 0 aliphatic heterocycles. The third kappa shape index (κ3) is 10.7. The highest BCUT2D eigenvalue weighted by molar-refractivity contribution is 5.88. The standard InChI is InChI=1S/C17H24N2O6/c1-13(20)19-14-3-5-15(6-4-14)25-12-11-24-10-2-9-18-16(21)7-8-17(22)23/h3-6H,2,7-12H2,1H3,(H,18,21)(H,19,20)(H,22,23). The van der Waals surface area contributed by atoms with Gasteiger partial charge in [-0.1, -0.05) is 0 Å². The predicted molar refractivity (Wildman–Crippen MR) is 91.6 cm³/mol. The monoisotopic (exact) mass is 352 g/mol. The Hall–Kier alpha value is -2.61. The topological polar surface area (TPSA) is 114 Å². The van der Waals surface area contributed by atoms with Crippen molar-refractivity contribution in [1.82, 2.24) is 5.32 Å². The summed E-state index contributed by atoms with van der Waals surface area (Å²) in [5.41, 5.74) is 0.710. The van der Waals surface area contributed by atoms with Crippen LogP contribution in [0.2, 0.25) is 0 Å². The van der Waals surface area contributed by atoms with E-state index in [9.17, 15) is 14.4 Å². The molecule has 1 rings (SSSR count). The molecule has 0 bridgehead atoms. The Morgan fingerprint density at radius 1 is 1.04 bits per heavy atom. The lowest BCUT2D eigenvalue weighted by Crippen LogP contribution is -2.25. The maximum atomic E-state index is 11.3. The first-order valence-electron chi connectivity index (χ1n) is 8.04. The molecular formula is C17H24N2O6. The maximum absolute atomic E-state index is 11.3. The first-order valence-corrected chi connectivity index (χ1v) is 8.04. The summed E-state index contributed by atoms with van der Waals surface area (Å²) in [6, 6.07) is 7.03. The van der Waals surface area contributed by atoms with Crippen molar-refractivity contribution in [2.45, 2.75) is 26.2 Å². The largest absolute Gasteiger partial charge is 0.491 e. The van der Waals surface area contributed by atoms with Crippen LogP contribution in [0.15, 0.2) is 24.3 Å². The summed E-state index contributed by atoms with van der Waals surface area (Å²) < 4.78 is 10.9. The van der Waals surface area contributed by atoms with Crippen LogP contribution in [0, 0.1) is 0 Å².